The van der Waals surface area contributed by atoms with E-state index in [9.17, 15) is 0 Å². The highest BCUT2D eigenvalue weighted by molar-refractivity contribution is 6.39. The summed E-state index contributed by atoms with van der Waals surface area (Å²) in [5.74, 6) is 1.41. The zero-order chi connectivity index (χ0) is 15.0. The van der Waals surface area contributed by atoms with Crippen LogP contribution in [0.5, 0.6) is 0 Å². The van der Waals surface area contributed by atoms with Crippen molar-refractivity contribution in [3.05, 3.63) is 28.0 Å². The number of nitrogens with zero attached hydrogens (tertiary/aromatic N) is 2. The summed E-state index contributed by atoms with van der Waals surface area (Å²) in [6, 6.07) is 3.32. The lowest BCUT2D eigenvalue weighted by Crippen LogP contribution is -2.08. The summed E-state index contributed by atoms with van der Waals surface area (Å²) in [6.07, 6.45) is 2.16. The Hall–Kier alpha value is -1.30. The topological polar surface area (TPSA) is 74.2 Å². The normalized spacial score (nSPS) is 16.1. The molecule has 0 bridgehead atoms. The molecule has 0 amide bonds. The van der Waals surface area contributed by atoms with E-state index in [1.54, 1.807) is 12.1 Å². The van der Waals surface area contributed by atoms with Crippen LogP contribution < -0.4 is 5.73 Å². The van der Waals surface area contributed by atoms with Crippen LogP contribution in [-0.2, 0) is 4.74 Å². The summed E-state index contributed by atoms with van der Waals surface area (Å²) in [7, 11) is 0. The van der Waals surface area contributed by atoms with E-state index in [-0.39, 0.29) is 6.10 Å². The maximum absolute atomic E-state index is 6.02. The third-order valence-electron chi connectivity index (χ3n) is 3.42. The second-order valence-electron chi connectivity index (χ2n) is 5.02. The zero-order valence-corrected chi connectivity index (χ0v) is 13.0. The average molecular weight is 328 g/mol. The molecule has 7 heteroatoms. The van der Waals surface area contributed by atoms with Gasteiger partial charge in [-0.15, -0.1) is 0 Å². The third kappa shape index (κ3) is 3.00. The molecule has 1 aliphatic rings. The Morgan fingerprint density at radius 3 is 2.62 bits per heavy atom. The number of benzene rings is 1. The Bertz CT molecular complexity index is 632. The van der Waals surface area contributed by atoms with Gasteiger partial charge >= 0.3 is 0 Å². The lowest BCUT2D eigenvalue weighted by Gasteiger charge is -2.11. The number of nitrogens with two attached hydrogens (primary N) is 1. The molecule has 1 unspecified atom stereocenters. The molecule has 1 aromatic heterocycles. The summed E-state index contributed by atoms with van der Waals surface area (Å²) in [6.45, 7) is 2.57. The van der Waals surface area contributed by atoms with Crippen molar-refractivity contribution < 1.29 is 9.26 Å². The highest BCUT2D eigenvalue weighted by atomic mass is 35.5. The van der Waals surface area contributed by atoms with Gasteiger partial charge in [0.2, 0.25) is 5.82 Å². The monoisotopic (exact) mass is 327 g/mol. The summed E-state index contributed by atoms with van der Waals surface area (Å²) >= 11 is 12.0. The lowest BCUT2D eigenvalue weighted by molar-refractivity contribution is 0.0385. The van der Waals surface area contributed by atoms with Crippen molar-refractivity contribution >= 4 is 28.9 Å². The number of hydrogen-bond donors (Lipinski definition) is 1. The minimum Gasteiger partial charge on any atom is -0.396 e. The zero-order valence-electron chi connectivity index (χ0n) is 11.5. The molecule has 0 aliphatic heterocycles. The SMILES string of the molecule is CCOC(c1noc(-c2cc(Cl)c(N)c(Cl)c2)n1)C1CC1. The Labute approximate surface area is 132 Å². The summed E-state index contributed by atoms with van der Waals surface area (Å²) in [4.78, 5) is 4.41. The number of aromatic nitrogens is 2. The van der Waals surface area contributed by atoms with Gasteiger partial charge in [-0.05, 0) is 37.8 Å². The largest absolute Gasteiger partial charge is 0.396 e. The molecule has 5 nitrogen and oxygen atoms in total. The van der Waals surface area contributed by atoms with Gasteiger partial charge in [0.05, 0.1) is 15.7 Å². The van der Waals surface area contributed by atoms with E-state index in [1.807, 2.05) is 6.92 Å². The van der Waals surface area contributed by atoms with Crippen molar-refractivity contribution in [3.8, 4) is 11.5 Å². The van der Waals surface area contributed by atoms with Gasteiger partial charge in [0.25, 0.3) is 5.89 Å². The first-order chi connectivity index (χ1) is 10.1. The number of ether oxygens (including phenoxy) is 1. The summed E-state index contributed by atoms with van der Waals surface area (Å²) < 4.78 is 11.0. The molecule has 0 radical (unpaired) electrons. The Balaban J connectivity index is 1.90. The average Bonchev–Trinajstić information content (AvgIpc) is 3.18. The molecule has 1 fully saturated rings. The van der Waals surface area contributed by atoms with Gasteiger partial charge in [0.1, 0.15) is 6.10 Å². The van der Waals surface area contributed by atoms with Crippen molar-refractivity contribution in [2.75, 3.05) is 12.3 Å². The molecule has 1 aliphatic carbocycles. The fourth-order valence-electron chi connectivity index (χ4n) is 2.18. The number of anilines is 1. The quantitative estimate of drug-likeness (QED) is 0.836. The van der Waals surface area contributed by atoms with Gasteiger partial charge in [0, 0.05) is 12.2 Å². The second kappa shape index (κ2) is 5.83. The van der Waals surface area contributed by atoms with Crippen LogP contribution in [0, 0.1) is 5.92 Å². The van der Waals surface area contributed by atoms with E-state index in [4.69, 9.17) is 38.2 Å². The molecule has 1 saturated carbocycles. The molecule has 0 saturated heterocycles. The van der Waals surface area contributed by atoms with Crippen LogP contribution in [0.15, 0.2) is 16.7 Å². The van der Waals surface area contributed by atoms with Crippen LogP contribution in [0.2, 0.25) is 10.0 Å². The Morgan fingerprint density at radius 2 is 2.05 bits per heavy atom. The van der Waals surface area contributed by atoms with E-state index >= 15 is 0 Å². The number of halogens is 2. The van der Waals surface area contributed by atoms with E-state index in [2.05, 4.69) is 10.1 Å². The maximum Gasteiger partial charge on any atom is 0.258 e. The highest BCUT2D eigenvalue weighted by Crippen LogP contribution is 2.43. The summed E-state index contributed by atoms with van der Waals surface area (Å²) in [5, 5.41) is 4.75. The van der Waals surface area contributed by atoms with Crippen molar-refractivity contribution in [2.24, 2.45) is 5.92 Å². The molecule has 2 N–H and O–H groups in total. The number of nitrogen functional groups attached to an aromatic ring is 1. The van der Waals surface area contributed by atoms with Crippen molar-refractivity contribution in [1.82, 2.24) is 10.1 Å². The molecule has 0 spiro atoms. The van der Waals surface area contributed by atoms with E-state index in [0.29, 0.717) is 45.5 Å². The first kappa shape index (κ1) is 14.6. The van der Waals surface area contributed by atoms with E-state index < -0.39 is 0 Å². The third-order valence-corrected chi connectivity index (χ3v) is 4.04. The highest BCUT2D eigenvalue weighted by Gasteiger charge is 2.36. The molecular weight excluding hydrogens is 313 g/mol. The lowest BCUT2D eigenvalue weighted by atomic mass is 10.2. The van der Waals surface area contributed by atoms with Crippen LogP contribution >= 0.6 is 23.2 Å². The van der Waals surface area contributed by atoms with E-state index in [1.165, 1.54) is 0 Å². The minimum atomic E-state index is -0.104. The van der Waals surface area contributed by atoms with Gasteiger partial charge in [0.15, 0.2) is 0 Å². The molecule has 112 valence electrons. The minimum absolute atomic E-state index is 0.104. The standard InChI is InChI=1S/C14H15Cl2N3O2/c1-2-20-12(7-3-4-7)13-18-14(21-19-13)8-5-9(15)11(17)10(16)6-8/h5-7,12H,2-4,17H2,1H3. The fourth-order valence-corrected chi connectivity index (χ4v) is 2.66. The molecule has 21 heavy (non-hydrogen) atoms. The first-order valence-corrected chi connectivity index (χ1v) is 7.55. The van der Waals surface area contributed by atoms with Crippen LogP contribution in [0.3, 0.4) is 0 Å². The summed E-state index contributed by atoms with van der Waals surface area (Å²) in [5.41, 5.74) is 6.70. The fraction of sp³-hybridized carbons (Fsp3) is 0.429. The van der Waals surface area contributed by atoms with Gasteiger partial charge < -0.3 is 15.0 Å². The molecule has 1 atom stereocenters. The van der Waals surface area contributed by atoms with E-state index in [0.717, 1.165) is 12.8 Å². The van der Waals surface area contributed by atoms with Crippen LogP contribution in [0.1, 0.15) is 31.7 Å². The molecule has 3 rings (SSSR count). The van der Waals surface area contributed by atoms with Gasteiger partial charge in [-0.1, -0.05) is 28.4 Å². The smallest absolute Gasteiger partial charge is 0.258 e. The predicted molar refractivity (Wildman–Crippen MR) is 81.3 cm³/mol. The Morgan fingerprint density at radius 1 is 1.38 bits per heavy atom. The van der Waals surface area contributed by atoms with Crippen molar-refractivity contribution in [2.45, 2.75) is 25.9 Å². The van der Waals surface area contributed by atoms with Gasteiger partial charge in [-0.2, -0.15) is 4.98 Å². The van der Waals surface area contributed by atoms with Crippen LogP contribution in [0.25, 0.3) is 11.5 Å². The molecular formula is C14H15Cl2N3O2. The second-order valence-corrected chi connectivity index (χ2v) is 5.84. The van der Waals surface area contributed by atoms with Gasteiger partial charge in [-0.3, -0.25) is 0 Å². The number of rotatable bonds is 5. The maximum atomic E-state index is 6.02. The molecule has 1 aromatic carbocycles. The van der Waals surface area contributed by atoms with Crippen LogP contribution in [0.4, 0.5) is 5.69 Å². The Kier molecular flexibility index (Phi) is 4.06. The van der Waals surface area contributed by atoms with Gasteiger partial charge in [-0.25, -0.2) is 0 Å². The first-order valence-electron chi connectivity index (χ1n) is 6.80. The van der Waals surface area contributed by atoms with Crippen LogP contribution in [-0.4, -0.2) is 16.7 Å². The number of hydrogen-bond acceptors (Lipinski definition) is 5. The van der Waals surface area contributed by atoms with Crippen molar-refractivity contribution in [1.29, 1.82) is 0 Å². The molecule has 1 heterocycles. The van der Waals surface area contributed by atoms with Crippen molar-refractivity contribution in [3.63, 3.8) is 0 Å². The predicted octanol–water partition coefficient (Wildman–Crippen LogP) is 4.11. The molecule has 2 aromatic rings.